The number of rotatable bonds is 4. The van der Waals surface area contributed by atoms with Gasteiger partial charge in [0.2, 0.25) is 0 Å². The summed E-state index contributed by atoms with van der Waals surface area (Å²) in [5, 5.41) is 4.02. The maximum atomic E-state index is 6.37. The van der Waals surface area contributed by atoms with Gasteiger partial charge in [-0.1, -0.05) is 35.9 Å². The Balaban J connectivity index is 1.47. The Morgan fingerprint density at radius 2 is 1.63 bits per heavy atom. The fraction of sp³-hybridized carbons (Fsp3) is 0.200. The van der Waals surface area contributed by atoms with E-state index in [1.54, 1.807) is 6.33 Å². The Bertz CT molecular complexity index is 909. The van der Waals surface area contributed by atoms with Gasteiger partial charge in [0.1, 0.15) is 12.0 Å². The molecule has 3 aromatic rings. The number of aromatic nitrogens is 2. The highest BCUT2D eigenvalue weighted by Gasteiger charge is 2.21. The van der Waals surface area contributed by atoms with Gasteiger partial charge in [-0.05, 0) is 30.3 Å². The fourth-order valence-electron chi connectivity index (χ4n) is 3.25. The van der Waals surface area contributed by atoms with Crippen molar-refractivity contribution < 1.29 is 0 Å². The van der Waals surface area contributed by atoms with Gasteiger partial charge in [0, 0.05) is 42.6 Å². The van der Waals surface area contributed by atoms with Crippen LogP contribution in [0.5, 0.6) is 0 Å². The van der Waals surface area contributed by atoms with Crippen LogP contribution in [0.4, 0.5) is 28.7 Å². The number of para-hydroxylation sites is 1. The number of piperazine rings is 1. The fourth-order valence-corrected chi connectivity index (χ4v) is 3.43. The van der Waals surface area contributed by atoms with E-state index in [4.69, 9.17) is 17.3 Å². The second kappa shape index (κ2) is 7.72. The standard InChI is InChI=1S/C20H21ClN6/c21-15-5-4-8-17(13-15)26-9-11-27(12-10-26)20-18(22)19(23-14-24-20)25-16-6-2-1-3-7-16/h1-8,13-14H,9-12,22H2,(H,23,24,25). The monoisotopic (exact) mass is 380 g/mol. The van der Waals surface area contributed by atoms with E-state index in [-0.39, 0.29) is 0 Å². The second-order valence-corrected chi connectivity index (χ2v) is 6.84. The molecular weight excluding hydrogens is 360 g/mol. The first-order valence-corrected chi connectivity index (χ1v) is 9.26. The topological polar surface area (TPSA) is 70.3 Å². The lowest BCUT2D eigenvalue weighted by molar-refractivity contribution is 0.647. The molecule has 0 amide bonds. The van der Waals surface area contributed by atoms with Crippen LogP contribution in [0.25, 0.3) is 0 Å². The van der Waals surface area contributed by atoms with Gasteiger partial charge in [-0.25, -0.2) is 9.97 Å². The summed E-state index contributed by atoms with van der Waals surface area (Å²) in [6, 6.07) is 17.8. The number of hydrogen-bond donors (Lipinski definition) is 2. The van der Waals surface area contributed by atoms with Crippen LogP contribution in [-0.4, -0.2) is 36.1 Å². The molecule has 1 aliphatic rings. The van der Waals surface area contributed by atoms with Gasteiger partial charge in [0.25, 0.3) is 0 Å². The third-order valence-electron chi connectivity index (χ3n) is 4.65. The van der Waals surface area contributed by atoms with Crippen molar-refractivity contribution in [1.29, 1.82) is 0 Å². The molecule has 0 radical (unpaired) electrons. The van der Waals surface area contributed by atoms with Crippen molar-refractivity contribution in [1.82, 2.24) is 9.97 Å². The number of nitrogens with zero attached hydrogens (tertiary/aromatic N) is 4. The molecule has 3 N–H and O–H groups in total. The molecule has 2 heterocycles. The molecule has 4 rings (SSSR count). The maximum absolute atomic E-state index is 6.37. The van der Waals surface area contributed by atoms with E-state index in [9.17, 15) is 0 Å². The lowest BCUT2D eigenvalue weighted by atomic mass is 10.2. The van der Waals surface area contributed by atoms with Crippen molar-refractivity contribution in [3.8, 4) is 0 Å². The Kier molecular flexibility index (Phi) is 4.98. The lowest BCUT2D eigenvalue weighted by Crippen LogP contribution is -2.47. The van der Waals surface area contributed by atoms with E-state index < -0.39 is 0 Å². The van der Waals surface area contributed by atoms with Crippen LogP contribution < -0.4 is 20.9 Å². The van der Waals surface area contributed by atoms with Crippen molar-refractivity contribution in [2.75, 3.05) is 47.0 Å². The van der Waals surface area contributed by atoms with E-state index in [1.165, 1.54) is 0 Å². The van der Waals surface area contributed by atoms with Crippen LogP contribution in [0.2, 0.25) is 5.02 Å². The summed E-state index contributed by atoms with van der Waals surface area (Å²) < 4.78 is 0. The van der Waals surface area contributed by atoms with E-state index in [0.717, 1.165) is 48.4 Å². The minimum Gasteiger partial charge on any atom is -0.393 e. The summed E-state index contributed by atoms with van der Waals surface area (Å²) in [7, 11) is 0. The number of halogens is 1. The van der Waals surface area contributed by atoms with Crippen LogP contribution in [0.15, 0.2) is 60.9 Å². The van der Waals surface area contributed by atoms with Crippen molar-refractivity contribution in [3.63, 3.8) is 0 Å². The molecule has 0 saturated carbocycles. The molecule has 138 valence electrons. The Morgan fingerprint density at radius 1 is 0.889 bits per heavy atom. The second-order valence-electron chi connectivity index (χ2n) is 6.40. The molecule has 2 aromatic carbocycles. The maximum Gasteiger partial charge on any atom is 0.159 e. The molecule has 1 aromatic heterocycles. The quantitative estimate of drug-likeness (QED) is 0.717. The molecule has 1 saturated heterocycles. The highest BCUT2D eigenvalue weighted by molar-refractivity contribution is 6.30. The number of anilines is 5. The first kappa shape index (κ1) is 17.4. The first-order chi connectivity index (χ1) is 13.2. The zero-order valence-electron chi connectivity index (χ0n) is 14.8. The van der Waals surface area contributed by atoms with Crippen LogP contribution in [-0.2, 0) is 0 Å². The molecule has 27 heavy (non-hydrogen) atoms. The third kappa shape index (κ3) is 3.90. The summed E-state index contributed by atoms with van der Waals surface area (Å²) in [4.78, 5) is 13.3. The minimum atomic E-state index is 0.567. The molecular formula is C20H21ClN6. The average molecular weight is 381 g/mol. The van der Waals surface area contributed by atoms with Gasteiger partial charge in [0.15, 0.2) is 11.6 Å². The average Bonchev–Trinajstić information content (AvgIpc) is 2.71. The van der Waals surface area contributed by atoms with E-state index >= 15 is 0 Å². The van der Waals surface area contributed by atoms with Crippen molar-refractivity contribution in [3.05, 3.63) is 65.9 Å². The van der Waals surface area contributed by atoms with E-state index in [0.29, 0.717) is 11.5 Å². The van der Waals surface area contributed by atoms with Gasteiger partial charge in [-0.15, -0.1) is 0 Å². The predicted octanol–water partition coefficient (Wildman–Crippen LogP) is 3.78. The Labute approximate surface area is 163 Å². The summed E-state index contributed by atoms with van der Waals surface area (Å²) in [6.07, 6.45) is 1.56. The minimum absolute atomic E-state index is 0.567. The smallest absolute Gasteiger partial charge is 0.159 e. The molecule has 0 unspecified atom stereocenters. The van der Waals surface area contributed by atoms with Gasteiger partial charge < -0.3 is 20.9 Å². The van der Waals surface area contributed by atoms with Crippen LogP contribution >= 0.6 is 11.6 Å². The number of benzene rings is 2. The van der Waals surface area contributed by atoms with Gasteiger partial charge >= 0.3 is 0 Å². The normalized spacial score (nSPS) is 14.3. The number of nitrogens with two attached hydrogens (primary N) is 1. The number of hydrogen-bond acceptors (Lipinski definition) is 6. The molecule has 7 heteroatoms. The highest BCUT2D eigenvalue weighted by Crippen LogP contribution is 2.30. The van der Waals surface area contributed by atoms with E-state index in [2.05, 4.69) is 31.2 Å². The van der Waals surface area contributed by atoms with Gasteiger partial charge in [-0.2, -0.15) is 0 Å². The molecule has 0 aliphatic carbocycles. The van der Waals surface area contributed by atoms with Gasteiger partial charge in [0.05, 0.1) is 0 Å². The van der Waals surface area contributed by atoms with E-state index in [1.807, 2.05) is 48.5 Å². The molecule has 0 bridgehead atoms. The molecule has 0 spiro atoms. The summed E-state index contributed by atoms with van der Waals surface area (Å²) in [5.41, 5.74) is 9.02. The number of nitrogens with one attached hydrogen (secondary N) is 1. The third-order valence-corrected chi connectivity index (χ3v) is 4.89. The molecule has 1 aliphatic heterocycles. The summed E-state index contributed by atoms with van der Waals surface area (Å²) in [6.45, 7) is 3.42. The highest BCUT2D eigenvalue weighted by atomic mass is 35.5. The lowest BCUT2D eigenvalue weighted by Gasteiger charge is -2.37. The first-order valence-electron chi connectivity index (χ1n) is 8.89. The van der Waals surface area contributed by atoms with Gasteiger partial charge in [-0.3, -0.25) is 0 Å². The Hall–Kier alpha value is -2.99. The van der Waals surface area contributed by atoms with Crippen molar-refractivity contribution in [2.24, 2.45) is 0 Å². The number of nitrogen functional groups attached to an aromatic ring is 1. The SMILES string of the molecule is Nc1c(Nc2ccccc2)ncnc1N1CCN(c2cccc(Cl)c2)CC1. The Morgan fingerprint density at radius 3 is 2.37 bits per heavy atom. The largest absolute Gasteiger partial charge is 0.393 e. The predicted molar refractivity (Wildman–Crippen MR) is 112 cm³/mol. The summed E-state index contributed by atoms with van der Waals surface area (Å²) >= 11 is 6.12. The van der Waals surface area contributed by atoms with Crippen LogP contribution in [0, 0.1) is 0 Å². The van der Waals surface area contributed by atoms with Crippen molar-refractivity contribution in [2.45, 2.75) is 0 Å². The zero-order chi connectivity index (χ0) is 18.6. The zero-order valence-corrected chi connectivity index (χ0v) is 15.6. The molecule has 6 nitrogen and oxygen atoms in total. The van der Waals surface area contributed by atoms with Crippen molar-refractivity contribution >= 4 is 40.3 Å². The van der Waals surface area contributed by atoms with Crippen LogP contribution in [0.1, 0.15) is 0 Å². The summed E-state index contributed by atoms with van der Waals surface area (Å²) in [5.74, 6) is 1.40. The molecule has 0 atom stereocenters. The van der Waals surface area contributed by atoms with Crippen LogP contribution in [0.3, 0.4) is 0 Å². The molecule has 1 fully saturated rings.